The van der Waals surface area contributed by atoms with Crippen LogP contribution in [0.15, 0.2) is 30.3 Å². The van der Waals surface area contributed by atoms with Gasteiger partial charge in [-0.15, -0.1) is 0 Å². The molecule has 0 aliphatic carbocycles. The second-order valence-electron chi connectivity index (χ2n) is 4.37. The summed E-state index contributed by atoms with van der Waals surface area (Å²) in [5.74, 6) is 0.870. The van der Waals surface area contributed by atoms with Crippen molar-refractivity contribution in [1.82, 2.24) is 9.78 Å². The molecule has 0 saturated heterocycles. The Kier molecular flexibility index (Phi) is 3.99. The summed E-state index contributed by atoms with van der Waals surface area (Å²) >= 11 is 0. The SMILES string of the molecule is Cc1cc(COc2ccc(CCN)cc2)n(C)n1. The van der Waals surface area contributed by atoms with Crippen LogP contribution >= 0.6 is 0 Å². The van der Waals surface area contributed by atoms with E-state index in [9.17, 15) is 0 Å². The lowest BCUT2D eigenvalue weighted by Gasteiger charge is -2.07. The van der Waals surface area contributed by atoms with Crippen molar-refractivity contribution in [3.63, 3.8) is 0 Å². The Labute approximate surface area is 107 Å². The molecule has 2 rings (SSSR count). The van der Waals surface area contributed by atoms with Gasteiger partial charge in [-0.3, -0.25) is 4.68 Å². The Morgan fingerprint density at radius 1 is 1.28 bits per heavy atom. The van der Waals surface area contributed by atoms with Crippen molar-refractivity contribution in [2.45, 2.75) is 20.0 Å². The molecule has 18 heavy (non-hydrogen) atoms. The van der Waals surface area contributed by atoms with E-state index in [1.54, 1.807) is 0 Å². The molecule has 0 atom stereocenters. The zero-order valence-electron chi connectivity index (χ0n) is 10.9. The molecule has 0 fully saturated rings. The Balaban J connectivity index is 1.95. The summed E-state index contributed by atoms with van der Waals surface area (Å²) in [4.78, 5) is 0. The largest absolute Gasteiger partial charge is 0.487 e. The van der Waals surface area contributed by atoms with Gasteiger partial charge in [-0.1, -0.05) is 12.1 Å². The zero-order valence-corrected chi connectivity index (χ0v) is 10.9. The third kappa shape index (κ3) is 3.11. The van der Waals surface area contributed by atoms with Gasteiger partial charge in [0.05, 0.1) is 11.4 Å². The second-order valence-corrected chi connectivity index (χ2v) is 4.37. The number of hydrogen-bond donors (Lipinski definition) is 1. The van der Waals surface area contributed by atoms with Crippen molar-refractivity contribution in [3.05, 3.63) is 47.3 Å². The van der Waals surface area contributed by atoms with Crippen molar-refractivity contribution in [3.8, 4) is 5.75 Å². The molecule has 0 aliphatic rings. The number of nitrogens with zero attached hydrogens (tertiary/aromatic N) is 2. The maximum absolute atomic E-state index is 5.73. The third-order valence-electron chi connectivity index (χ3n) is 2.84. The van der Waals surface area contributed by atoms with E-state index in [0.29, 0.717) is 13.2 Å². The highest BCUT2D eigenvalue weighted by molar-refractivity contribution is 5.27. The lowest BCUT2D eigenvalue weighted by atomic mass is 10.1. The minimum atomic E-state index is 0.535. The molecule has 0 aliphatic heterocycles. The second kappa shape index (κ2) is 5.69. The van der Waals surface area contributed by atoms with Crippen molar-refractivity contribution in [2.75, 3.05) is 6.54 Å². The first-order valence-electron chi connectivity index (χ1n) is 6.10. The van der Waals surface area contributed by atoms with Crippen molar-refractivity contribution < 1.29 is 4.74 Å². The zero-order chi connectivity index (χ0) is 13.0. The molecule has 96 valence electrons. The first kappa shape index (κ1) is 12.6. The molecule has 4 heteroatoms. The molecule has 1 aromatic heterocycles. The highest BCUT2D eigenvalue weighted by atomic mass is 16.5. The van der Waals surface area contributed by atoms with Crippen LogP contribution in [0.4, 0.5) is 0 Å². The maximum atomic E-state index is 5.73. The van der Waals surface area contributed by atoms with Gasteiger partial charge < -0.3 is 10.5 Å². The minimum Gasteiger partial charge on any atom is -0.487 e. The van der Waals surface area contributed by atoms with Gasteiger partial charge in [0.2, 0.25) is 0 Å². The predicted octanol–water partition coefficient (Wildman–Crippen LogP) is 1.81. The van der Waals surface area contributed by atoms with E-state index in [2.05, 4.69) is 17.2 Å². The van der Waals surface area contributed by atoms with Crippen molar-refractivity contribution >= 4 is 0 Å². The summed E-state index contributed by atoms with van der Waals surface area (Å²) in [6, 6.07) is 10.1. The summed E-state index contributed by atoms with van der Waals surface area (Å²) in [6.45, 7) is 3.19. The number of rotatable bonds is 5. The smallest absolute Gasteiger partial charge is 0.130 e. The summed E-state index contributed by atoms with van der Waals surface area (Å²) in [7, 11) is 1.93. The number of aromatic nitrogens is 2. The van der Waals surface area contributed by atoms with E-state index in [-0.39, 0.29) is 0 Å². The summed E-state index contributed by atoms with van der Waals surface area (Å²) in [5, 5.41) is 4.28. The molecule has 0 radical (unpaired) electrons. The first-order chi connectivity index (χ1) is 8.69. The topological polar surface area (TPSA) is 53.1 Å². The molecule has 0 saturated carbocycles. The van der Waals surface area contributed by atoms with Crippen molar-refractivity contribution in [1.29, 1.82) is 0 Å². The number of benzene rings is 1. The van der Waals surface area contributed by atoms with Crippen molar-refractivity contribution in [2.24, 2.45) is 12.8 Å². The predicted molar refractivity (Wildman–Crippen MR) is 71.5 cm³/mol. The fourth-order valence-corrected chi connectivity index (χ4v) is 1.88. The van der Waals surface area contributed by atoms with E-state index in [4.69, 9.17) is 10.5 Å². The maximum Gasteiger partial charge on any atom is 0.130 e. The molecule has 0 amide bonds. The van der Waals surface area contributed by atoms with Crippen LogP contribution in [0.25, 0.3) is 0 Å². The van der Waals surface area contributed by atoms with Gasteiger partial charge >= 0.3 is 0 Å². The van der Waals surface area contributed by atoms with E-state index in [1.807, 2.05) is 36.9 Å². The van der Waals surface area contributed by atoms with E-state index in [0.717, 1.165) is 23.6 Å². The van der Waals surface area contributed by atoms with Gasteiger partial charge in [-0.05, 0) is 43.7 Å². The fourth-order valence-electron chi connectivity index (χ4n) is 1.88. The van der Waals surface area contributed by atoms with Gasteiger partial charge in [-0.25, -0.2) is 0 Å². The molecule has 2 N–H and O–H groups in total. The van der Waals surface area contributed by atoms with Crippen LogP contribution in [0, 0.1) is 6.92 Å². The monoisotopic (exact) mass is 245 g/mol. The van der Waals surface area contributed by atoms with Gasteiger partial charge in [0.15, 0.2) is 0 Å². The quantitative estimate of drug-likeness (QED) is 0.874. The van der Waals surface area contributed by atoms with E-state index >= 15 is 0 Å². The highest BCUT2D eigenvalue weighted by Gasteiger charge is 2.03. The molecule has 4 nitrogen and oxygen atoms in total. The number of nitrogens with two attached hydrogens (primary N) is 1. The highest BCUT2D eigenvalue weighted by Crippen LogP contribution is 2.14. The van der Waals surface area contributed by atoms with E-state index < -0.39 is 0 Å². The Morgan fingerprint density at radius 3 is 2.56 bits per heavy atom. The minimum absolute atomic E-state index is 0.535. The average Bonchev–Trinajstić information content (AvgIpc) is 2.67. The molecule has 1 heterocycles. The number of aryl methyl sites for hydroxylation is 2. The summed E-state index contributed by atoms with van der Waals surface area (Å²) in [5.41, 5.74) is 8.83. The molecule has 0 bridgehead atoms. The van der Waals surface area contributed by atoms with Gasteiger partial charge in [0.25, 0.3) is 0 Å². The molecule has 1 aromatic carbocycles. The van der Waals surface area contributed by atoms with Crippen LogP contribution in [-0.2, 0) is 20.1 Å². The standard InChI is InChI=1S/C14H19N3O/c1-11-9-13(17(2)16-11)10-18-14-5-3-12(4-6-14)7-8-15/h3-6,9H,7-8,10,15H2,1-2H3. The lowest BCUT2D eigenvalue weighted by molar-refractivity contribution is 0.295. The molecular formula is C14H19N3O. The van der Waals surface area contributed by atoms with Crippen LogP contribution in [0.3, 0.4) is 0 Å². The van der Waals surface area contributed by atoms with Crippen LogP contribution in [0.2, 0.25) is 0 Å². The normalized spacial score (nSPS) is 10.6. The molecular weight excluding hydrogens is 226 g/mol. The molecule has 0 unspecified atom stereocenters. The van der Waals surface area contributed by atoms with E-state index in [1.165, 1.54) is 5.56 Å². The van der Waals surface area contributed by atoms with Gasteiger partial charge in [-0.2, -0.15) is 5.10 Å². The Morgan fingerprint density at radius 2 is 2.00 bits per heavy atom. The molecule has 0 spiro atoms. The fraction of sp³-hybridized carbons (Fsp3) is 0.357. The summed E-state index contributed by atoms with van der Waals surface area (Å²) in [6.07, 6.45) is 0.904. The number of hydrogen-bond acceptors (Lipinski definition) is 3. The van der Waals surface area contributed by atoms with Gasteiger partial charge in [0.1, 0.15) is 12.4 Å². The average molecular weight is 245 g/mol. The Hall–Kier alpha value is -1.81. The third-order valence-corrected chi connectivity index (χ3v) is 2.84. The van der Waals surface area contributed by atoms with Crippen LogP contribution in [0.1, 0.15) is 17.0 Å². The van der Waals surface area contributed by atoms with Crippen LogP contribution in [-0.4, -0.2) is 16.3 Å². The summed E-state index contributed by atoms with van der Waals surface area (Å²) < 4.78 is 7.57. The Bertz CT molecular complexity index is 502. The number of ether oxygens (including phenoxy) is 1. The van der Waals surface area contributed by atoms with Gasteiger partial charge in [0, 0.05) is 7.05 Å². The first-order valence-corrected chi connectivity index (χ1v) is 6.10. The molecule has 2 aromatic rings. The van der Waals surface area contributed by atoms with Crippen LogP contribution < -0.4 is 10.5 Å². The van der Waals surface area contributed by atoms with Crippen LogP contribution in [0.5, 0.6) is 5.75 Å². The lowest BCUT2D eigenvalue weighted by Crippen LogP contribution is -2.04.